The van der Waals surface area contributed by atoms with Gasteiger partial charge in [0.1, 0.15) is 10.5 Å². The van der Waals surface area contributed by atoms with Gasteiger partial charge in [-0.3, -0.25) is 0 Å². The number of hydrogen-bond donors (Lipinski definition) is 1. The van der Waals surface area contributed by atoms with Crippen molar-refractivity contribution in [1.29, 1.82) is 0 Å². The van der Waals surface area contributed by atoms with Gasteiger partial charge in [0.2, 0.25) is 0 Å². The molecule has 2 aromatic rings. The molecule has 0 fully saturated rings. The lowest BCUT2D eigenvalue weighted by Gasteiger charge is -2.06. The molecular weight excluding hydrogens is 256 g/mol. The third-order valence-electron chi connectivity index (χ3n) is 2.23. The van der Waals surface area contributed by atoms with Gasteiger partial charge >= 0.3 is 0 Å². The van der Waals surface area contributed by atoms with Gasteiger partial charge in [-0.2, -0.15) is 0 Å². The summed E-state index contributed by atoms with van der Waals surface area (Å²) in [5, 5.41) is 0.639. The number of rotatable bonds is 3. The van der Waals surface area contributed by atoms with E-state index in [0.29, 0.717) is 22.1 Å². The molecule has 17 heavy (non-hydrogen) atoms. The van der Waals surface area contributed by atoms with Crippen molar-refractivity contribution in [1.82, 2.24) is 9.97 Å². The SMILES string of the molecule is COCc1cc(=S)nc(-c2ccccc2Cl)[nH]1. The third-order valence-corrected chi connectivity index (χ3v) is 2.77. The minimum Gasteiger partial charge on any atom is -0.378 e. The van der Waals surface area contributed by atoms with Crippen LogP contribution in [-0.2, 0) is 11.3 Å². The van der Waals surface area contributed by atoms with Gasteiger partial charge in [0.05, 0.1) is 11.6 Å². The zero-order valence-corrected chi connectivity index (χ0v) is 10.8. The van der Waals surface area contributed by atoms with Gasteiger partial charge in [-0.15, -0.1) is 0 Å². The highest BCUT2D eigenvalue weighted by Crippen LogP contribution is 2.24. The third kappa shape index (κ3) is 2.91. The van der Waals surface area contributed by atoms with Gasteiger partial charge in [-0.05, 0) is 18.2 Å². The molecule has 88 valence electrons. The number of nitrogens with zero attached hydrogens (tertiary/aromatic N) is 1. The number of benzene rings is 1. The molecule has 0 saturated heterocycles. The Bertz CT molecular complexity index is 583. The number of aromatic amines is 1. The van der Waals surface area contributed by atoms with Crippen molar-refractivity contribution in [2.75, 3.05) is 7.11 Å². The summed E-state index contributed by atoms with van der Waals surface area (Å²) < 4.78 is 5.58. The summed E-state index contributed by atoms with van der Waals surface area (Å²) in [6, 6.07) is 9.27. The van der Waals surface area contributed by atoms with Crippen LogP contribution in [0.2, 0.25) is 5.02 Å². The van der Waals surface area contributed by atoms with E-state index in [1.165, 1.54) is 0 Å². The van der Waals surface area contributed by atoms with Crippen molar-refractivity contribution < 1.29 is 4.74 Å². The second-order valence-corrected chi connectivity index (χ2v) is 4.33. The van der Waals surface area contributed by atoms with Crippen LogP contribution in [0.5, 0.6) is 0 Å². The van der Waals surface area contributed by atoms with E-state index < -0.39 is 0 Å². The second-order valence-electron chi connectivity index (χ2n) is 3.51. The van der Waals surface area contributed by atoms with Crippen molar-refractivity contribution in [2.24, 2.45) is 0 Å². The molecule has 0 aliphatic heterocycles. The number of H-pyrrole nitrogens is 1. The molecule has 0 spiro atoms. The van der Waals surface area contributed by atoms with E-state index in [4.69, 9.17) is 28.6 Å². The fraction of sp³-hybridized carbons (Fsp3) is 0.167. The van der Waals surface area contributed by atoms with E-state index in [1.807, 2.05) is 24.3 Å². The molecule has 1 aromatic heterocycles. The molecular formula is C12H11ClN2OS. The highest BCUT2D eigenvalue weighted by atomic mass is 35.5. The van der Waals surface area contributed by atoms with Crippen LogP contribution in [-0.4, -0.2) is 17.1 Å². The molecule has 0 aliphatic carbocycles. The Hall–Kier alpha value is -1.23. The standard InChI is InChI=1S/C12H11ClN2OS/c1-16-7-8-6-11(17)15-12(14-8)9-4-2-3-5-10(9)13/h2-6H,7H2,1H3,(H,14,15,17). The normalized spacial score (nSPS) is 10.5. The van der Waals surface area contributed by atoms with Crippen LogP contribution in [0.1, 0.15) is 5.69 Å². The minimum atomic E-state index is 0.462. The van der Waals surface area contributed by atoms with Crippen molar-refractivity contribution in [3.8, 4) is 11.4 Å². The Labute approximate surface area is 109 Å². The van der Waals surface area contributed by atoms with Crippen LogP contribution in [0.4, 0.5) is 0 Å². The Morgan fingerprint density at radius 1 is 1.41 bits per heavy atom. The molecule has 1 N–H and O–H groups in total. The molecule has 3 nitrogen and oxygen atoms in total. The Morgan fingerprint density at radius 2 is 2.18 bits per heavy atom. The van der Waals surface area contributed by atoms with Gasteiger partial charge in [0.25, 0.3) is 0 Å². The zero-order valence-electron chi connectivity index (χ0n) is 9.24. The van der Waals surface area contributed by atoms with E-state index in [0.717, 1.165) is 11.3 Å². The van der Waals surface area contributed by atoms with E-state index in [-0.39, 0.29) is 0 Å². The second kappa shape index (κ2) is 5.40. The first-order valence-corrected chi connectivity index (χ1v) is 5.83. The van der Waals surface area contributed by atoms with Gasteiger partial charge in [0, 0.05) is 18.4 Å². The summed E-state index contributed by atoms with van der Waals surface area (Å²) >= 11 is 11.2. The average Bonchev–Trinajstić information content (AvgIpc) is 2.29. The Kier molecular flexibility index (Phi) is 3.89. The monoisotopic (exact) mass is 266 g/mol. The first-order valence-electron chi connectivity index (χ1n) is 5.05. The number of halogens is 1. The largest absolute Gasteiger partial charge is 0.378 e. The first kappa shape index (κ1) is 12.2. The summed E-state index contributed by atoms with van der Waals surface area (Å²) in [6.45, 7) is 0.462. The van der Waals surface area contributed by atoms with Crippen LogP contribution in [0.15, 0.2) is 30.3 Å². The molecule has 0 unspecified atom stereocenters. The Morgan fingerprint density at radius 3 is 2.88 bits per heavy atom. The lowest BCUT2D eigenvalue weighted by Crippen LogP contribution is -1.97. The molecule has 0 amide bonds. The van der Waals surface area contributed by atoms with Crippen LogP contribution >= 0.6 is 23.8 Å². The molecule has 0 radical (unpaired) electrons. The van der Waals surface area contributed by atoms with Gasteiger partial charge < -0.3 is 9.72 Å². The summed E-state index contributed by atoms with van der Waals surface area (Å²) in [4.78, 5) is 7.42. The number of aromatic nitrogens is 2. The maximum Gasteiger partial charge on any atom is 0.140 e. The lowest BCUT2D eigenvalue weighted by molar-refractivity contribution is 0.181. The molecule has 0 bridgehead atoms. The van der Waals surface area contributed by atoms with Gasteiger partial charge in [-0.1, -0.05) is 36.0 Å². The number of hydrogen-bond acceptors (Lipinski definition) is 3. The molecule has 0 aliphatic rings. The molecule has 2 rings (SSSR count). The average molecular weight is 267 g/mol. The van der Waals surface area contributed by atoms with Crippen molar-refractivity contribution in [3.05, 3.63) is 45.7 Å². The topological polar surface area (TPSA) is 37.9 Å². The zero-order chi connectivity index (χ0) is 12.3. The van der Waals surface area contributed by atoms with Crippen molar-refractivity contribution in [3.63, 3.8) is 0 Å². The van der Waals surface area contributed by atoms with Crippen molar-refractivity contribution in [2.45, 2.75) is 6.61 Å². The number of nitrogens with one attached hydrogen (secondary N) is 1. The Balaban J connectivity index is 2.52. The maximum atomic E-state index is 6.12. The molecule has 1 heterocycles. The van der Waals surface area contributed by atoms with Gasteiger partial charge in [-0.25, -0.2) is 4.98 Å². The summed E-state index contributed by atoms with van der Waals surface area (Å²) in [5.41, 5.74) is 1.71. The van der Waals surface area contributed by atoms with E-state index >= 15 is 0 Å². The highest BCUT2D eigenvalue weighted by molar-refractivity contribution is 7.71. The smallest absolute Gasteiger partial charge is 0.140 e. The minimum absolute atomic E-state index is 0.462. The fourth-order valence-corrected chi connectivity index (χ4v) is 1.98. The fourth-order valence-electron chi connectivity index (χ4n) is 1.52. The lowest BCUT2D eigenvalue weighted by atomic mass is 10.2. The van der Waals surface area contributed by atoms with Crippen LogP contribution < -0.4 is 0 Å². The van der Waals surface area contributed by atoms with Gasteiger partial charge in [0.15, 0.2) is 0 Å². The van der Waals surface area contributed by atoms with E-state index in [1.54, 1.807) is 13.2 Å². The summed E-state index contributed by atoms with van der Waals surface area (Å²) in [6.07, 6.45) is 0. The number of ether oxygens (including phenoxy) is 1. The first-order chi connectivity index (χ1) is 8.20. The molecule has 0 atom stereocenters. The van der Waals surface area contributed by atoms with E-state index in [9.17, 15) is 0 Å². The molecule has 5 heteroatoms. The summed E-state index contributed by atoms with van der Waals surface area (Å²) in [5.74, 6) is 0.662. The van der Waals surface area contributed by atoms with Crippen molar-refractivity contribution >= 4 is 23.8 Å². The molecule has 1 aromatic carbocycles. The molecule has 0 saturated carbocycles. The predicted molar refractivity (Wildman–Crippen MR) is 70.6 cm³/mol. The van der Waals surface area contributed by atoms with Crippen LogP contribution in [0.25, 0.3) is 11.4 Å². The number of methoxy groups -OCH3 is 1. The van der Waals surface area contributed by atoms with E-state index in [2.05, 4.69) is 9.97 Å². The predicted octanol–water partition coefficient (Wildman–Crippen LogP) is 3.61. The summed E-state index contributed by atoms with van der Waals surface area (Å²) in [7, 11) is 1.63. The van der Waals surface area contributed by atoms with Crippen LogP contribution in [0.3, 0.4) is 0 Å². The highest BCUT2D eigenvalue weighted by Gasteiger charge is 2.05. The van der Waals surface area contributed by atoms with Crippen LogP contribution in [0, 0.1) is 4.64 Å². The maximum absolute atomic E-state index is 6.12. The quantitative estimate of drug-likeness (QED) is 0.863.